The van der Waals surface area contributed by atoms with Gasteiger partial charge in [-0.15, -0.1) is 0 Å². The molecule has 0 amide bonds. The Bertz CT molecular complexity index is 1350. The lowest BCUT2D eigenvalue weighted by Crippen LogP contribution is -2.30. The average molecular weight is 1090 g/mol. The third-order valence-electron chi connectivity index (χ3n) is 15.6. The van der Waals surface area contributed by atoms with Crippen molar-refractivity contribution in [2.75, 3.05) is 13.2 Å². The highest BCUT2D eigenvalue weighted by molar-refractivity contribution is 5.71. The molecule has 0 heterocycles. The van der Waals surface area contributed by atoms with Crippen molar-refractivity contribution in [1.82, 2.24) is 0 Å². The van der Waals surface area contributed by atoms with Crippen LogP contribution in [0.5, 0.6) is 0 Å². The lowest BCUT2D eigenvalue weighted by molar-refractivity contribution is -0.167. The fourth-order valence-corrected chi connectivity index (χ4v) is 10.4. The van der Waals surface area contributed by atoms with Crippen LogP contribution in [0, 0.1) is 0 Å². The average Bonchev–Trinajstić information content (AvgIpc) is 3.44. The molecule has 456 valence electrons. The second-order valence-electron chi connectivity index (χ2n) is 23.4. The van der Waals surface area contributed by atoms with Crippen molar-refractivity contribution in [1.29, 1.82) is 0 Å². The van der Waals surface area contributed by atoms with E-state index in [4.69, 9.17) is 14.2 Å². The van der Waals surface area contributed by atoms with E-state index in [0.29, 0.717) is 19.3 Å². The van der Waals surface area contributed by atoms with Crippen LogP contribution in [-0.4, -0.2) is 37.2 Å². The fraction of sp³-hybridized carbons (Fsp3) is 0.847. The minimum atomic E-state index is -0.780. The van der Waals surface area contributed by atoms with Crippen molar-refractivity contribution in [2.24, 2.45) is 0 Å². The fourth-order valence-electron chi connectivity index (χ4n) is 10.4. The molecule has 0 spiro atoms. The van der Waals surface area contributed by atoms with Gasteiger partial charge in [0.05, 0.1) is 0 Å². The zero-order valence-corrected chi connectivity index (χ0v) is 52.5. The summed E-state index contributed by atoms with van der Waals surface area (Å²) in [5, 5.41) is 0. The molecule has 0 saturated heterocycles. The summed E-state index contributed by atoms with van der Waals surface area (Å²) >= 11 is 0. The summed E-state index contributed by atoms with van der Waals surface area (Å²) < 4.78 is 16.9. The normalized spacial score (nSPS) is 12.3. The van der Waals surface area contributed by atoms with Crippen LogP contribution >= 0.6 is 0 Å². The van der Waals surface area contributed by atoms with Crippen molar-refractivity contribution in [3.8, 4) is 0 Å². The molecular weight excluding hydrogens is 961 g/mol. The topological polar surface area (TPSA) is 78.9 Å². The molecule has 6 heteroatoms. The zero-order chi connectivity index (χ0) is 56.4. The number of unbranched alkanes of at least 4 members (excludes halogenated alkanes) is 45. The highest BCUT2D eigenvalue weighted by atomic mass is 16.6. The molecule has 0 aromatic rings. The van der Waals surface area contributed by atoms with E-state index in [0.717, 1.165) is 96.3 Å². The van der Waals surface area contributed by atoms with Crippen molar-refractivity contribution in [3.63, 3.8) is 0 Å². The van der Waals surface area contributed by atoms with Gasteiger partial charge in [-0.25, -0.2) is 0 Å². The van der Waals surface area contributed by atoms with E-state index in [1.165, 1.54) is 238 Å². The van der Waals surface area contributed by atoms with Gasteiger partial charge in [0.15, 0.2) is 6.10 Å². The molecule has 0 aromatic carbocycles. The van der Waals surface area contributed by atoms with Crippen LogP contribution in [0.1, 0.15) is 374 Å². The summed E-state index contributed by atoms with van der Waals surface area (Å²) in [5.41, 5.74) is 0. The molecule has 0 aliphatic carbocycles. The van der Waals surface area contributed by atoms with Crippen LogP contribution < -0.4 is 0 Å². The lowest BCUT2D eigenvalue weighted by Gasteiger charge is -2.18. The molecular formula is C72H132O6. The van der Waals surface area contributed by atoms with E-state index in [1.54, 1.807) is 0 Å². The van der Waals surface area contributed by atoms with Gasteiger partial charge < -0.3 is 14.2 Å². The Hall–Kier alpha value is -2.63. The molecule has 0 aliphatic rings. The van der Waals surface area contributed by atoms with Gasteiger partial charge in [0.2, 0.25) is 0 Å². The first-order chi connectivity index (χ1) is 38.5. The number of esters is 3. The summed E-state index contributed by atoms with van der Waals surface area (Å²) in [6.45, 7) is 6.57. The standard InChI is InChI=1S/C72H132O6/c1-4-7-10-13-16-19-22-25-28-29-30-31-32-33-34-35-36-37-38-39-40-41-42-43-45-47-50-53-56-59-62-65-71(74)77-68-69(67-76-70(73)64-61-58-55-52-49-46-27-24-21-18-15-12-9-6-3)78-72(75)66-63-60-57-54-51-48-44-26-23-20-17-14-11-8-5-2/h8,11,17,20,26,29-30,44,69H,4-7,9-10,12-16,18-19,21-25,27-28,31-43,45-68H2,1-3H3/b11-8-,20-17-,30-29-,44-26-. The van der Waals surface area contributed by atoms with E-state index in [2.05, 4.69) is 69.4 Å². The Balaban J connectivity index is 4.14. The van der Waals surface area contributed by atoms with Gasteiger partial charge in [0.25, 0.3) is 0 Å². The number of hydrogen-bond acceptors (Lipinski definition) is 6. The Labute approximate surface area is 486 Å². The first kappa shape index (κ1) is 75.4. The SMILES string of the molecule is CC/C=C\C/C=C\C/C=C\CCCCCCCC(=O)OC(COC(=O)CCCCCCCCCCCCCCCC)COC(=O)CCCCCCCCCCCCCCCCCCCCC/C=C\CCCCCCCCCC. The maximum absolute atomic E-state index is 12.9. The van der Waals surface area contributed by atoms with E-state index in [1.807, 2.05) is 0 Å². The summed E-state index contributed by atoms with van der Waals surface area (Å²) in [5.74, 6) is -0.869. The van der Waals surface area contributed by atoms with Crippen LogP contribution in [0.3, 0.4) is 0 Å². The van der Waals surface area contributed by atoms with E-state index in [-0.39, 0.29) is 31.1 Å². The predicted molar refractivity (Wildman–Crippen MR) is 339 cm³/mol. The highest BCUT2D eigenvalue weighted by Crippen LogP contribution is 2.18. The number of ether oxygens (including phenoxy) is 3. The Morgan fingerprint density at radius 1 is 0.269 bits per heavy atom. The zero-order valence-electron chi connectivity index (χ0n) is 52.5. The third-order valence-corrected chi connectivity index (χ3v) is 15.6. The van der Waals surface area contributed by atoms with Crippen molar-refractivity contribution < 1.29 is 28.6 Å². The molecule has 0 rings (SSSR count). The Morgan fingerprint density at radius 3 is 0.795 bits per heavy atom. The smallest absolute Gasteiger partial charge is 0.306 e. The maximum Gasteiger partial charge on any atom is 0.306 e. The van der Waals surface area contributed by atoms with Crippen LogP contribution in [0.4, 0.5) is 0 Å². The number of hydrogen-bond donors (Lipinski definition) is 0. The van der Waals surface area contributed by atoms with Gasteiger partial charge in [-0.05, 0) is 77.0 Å². The van der Waals surface area contributed by atoms with Gasteiger partial charge in [-0.1, -0.05) is 326 Å². The van der Waals surface area contributed by atoms with Gasteiger partial charge >= 0.3 is 17.9 Å². The molecule has 1 unspecified atom stereocenters. The molecule has 0 radical (unpaired) electrons. The van der Waals surface area contributed by atoms with Crippen molar-refractivity contribution >= 4 is 17.9 Å². The lowest BCUT2D eigenvalue weighted by atomic mass is 10.0. The highest BCUT2D eigenvalue weighted by Gasteiger charge is 2.19. The van der Waals surface area contributed by atoms with Gasteiger partial charge in [-0.3, -0.25) is 14.4 Å². The molecule has 0 bridgehead atoms. The number of rotatable bonds is 64. The molecule has 0 saturated carbocycles. The summed E-state index contributed by atoms with van der Waals surface area (Å²) in [7, 11) is 0. The van der Waals surface area contributed by atoms with E-state index in [9.17, 15) is 14.4 Å². The molecule has 0 fully saturated rings. The largest absolute Gasteiger partial charge is 0.462 e. The molecule has 1 atom stereocenters. The van der Waals surface area contributed by atoms with E-state index < -0.39 is 6.10 Å². The molecule has 78 heavy (non-hydrogen) atoms. The molecule has 0 aliphatic heterocycles. The number of carbonyl (C=O) groups excluding carboxylic acids is 3. The van der Waals surface area contributed by atoms with Gasteiger partial charge in [0, 0.05) is 19.3 Å². The van der Waals surface area contributed by atoms with Crippen molar-refractivity contribution in [3.05, 3.63) is 48.6 Å². The number of carbonyl (C=O) groups is 3. The monoisotopic (exact) mass is 1090 g/mol. The van der Waals surface area contributed by atoms with Crippen LogP contribution in [0.25, 0.3) is 0 Å². The Kier molecular flexibility index (Phi) is 64.6. The maximum atomic E-state index is 12.9. The second kappa shape index (κ2) is 66.9. The first-order valence-electron chi connectivity index (χ1n) is 34.6. The molecule has 0 N–H and O–H groups in total. The van der Waals surface area contributed by atoms with Gasteiger partial charge in [0.1, 0.15) is 13.2 Å². The second-order valence-corrected chi connectivity index (χ2v) is 23.4. The van der Waals surface area contributed by atoms with Crippen LogP contribution in [0.2, 0.25) is 0 Å². The summed E-state index contributed by atoms with van der Waals surface area (Å²) in [4.78, 5) is 38.3. The van der Waals surface area contributed by atoms with E-state index >= 15 is 0 Å². The third kappa shape index (κ3) is 64.2. The van der Waals surface area contributed by atoms with Crippen LogP contribution in [0.15, 0.2) is 48.6 Å². The van der Waals surface area contributed by atoms with Crippen molar-refractivity contribution in [2.45, 2.75) is 380 Å². The quantitative estimate of drug-likeness (QED) is 0.0261. The minimum Gasteiger partial charge on any atom is -0.462 e. The minimum absolute atomic E-state index is 0.0754. The molecule has 0 aromatic heterocycles. The van der Waals surface area contributed by atoms with Gasteiger partial charge in [-0.2, -0.15) is 0 Å². The summed E-state index contributed by atoms with van der Waals surface area (Å²) in [6.07, 6.45) is 84.4. The molecule has 6 nitrogen and oxygen atoms in total. The predicted octanol–water partition coefficient (Wildman–Crippen LogP) is 23.7. The summed E-state index contributed by atoms with van der Waals surface area (Å²) in [6, 6.07) is 0. The van der Waals surface area contributed by atoms with Crippen LogP contribution in [-0.2, 0) is 28.6 Å². The Morgan fingerprint density at radius 2 is 0.500 bits per heavy atom. The first-order valence-corrected chi connectivity index (χ1v) is 34.6. The number of allylic oxidation sites excluding steroid dienone is 8.